The molecule has 0 aromatic rings. The highest BCUT2D eigenvalue weighted by molar-refractivity contribution is 7.47. The van der Waals surface area contributed by atoms with E-state index in [2.05, 4.69) is 76.3 Å². The molecule has 19 heteroatoms. The lowest BCUT2D eigenvalue weighted by Crippen LogP contribution is -2.30. The van der Waals surface area contributed by atoms with Gasteiger partial charge >= 0.3 is 39.5 Å². The number of rotatable bonds is 78. The van der Waals surface area contributed by atoms with Crippen LogP contribution in [0.4, 0.5) is 0 Å². The van der Waals surface area contributed by atoms with E-state index in [4.69, 9.17) is 37.0 Å². The maximum absolute atomic E-state index is 13.1. The Bertz CT molecular complexity index is 1940. The molecule has 100 heavy (non-hydrogen) atoms. The number of aliphatic hydroxyl groups excluding tert-OH is 1. The van der Waals surface area contributed by atoms with Crippen LogP contribution in [0.2, 0.25) is 0 Å². The van der Waals surface area contributed by atoms with Gasteiger partial charge in [-0.2, -0.15) is 0 Å². The topological polar surface area (TPSA) is 237 Å². The second-order valence-electron chi connectivity index (χ2n) is 27.7. The largest absolute Gasteiger partial charge is 0.472 e. The lowest BCUT2D eigenvalue weighted by Gasteiger charge is -2.21. The fraction of sp³-hybridized carbons (Fsp3) is 0.852. The van der Waals surface area contributed by atoms with Crippen molar-refractivity contribution in [1.82, 2.24) is 0 Å². The van der Waals surface area contributed by atoms with Crippen LogP contribution in [-0.4, -0.2) is 96.7 Å². The van der Waals surface area contributed by atoms with Gasteiger partial charge < -0.3 is 33.8 Å². The highest BCUT2D eigenvalue weighted by Crippen LogP contribution is 2.45. The number of carbonyl (C=O) groups excluding carboxylic acids is 4. The first kappa shape index (κ1) is 97.0. The van der Waals surface area contributed by atoms with E-state index in [-0.39, 0.29) is 25.7 Å². The first-order valence-electron chi connectivity index (χ1n) is 40.9. The van der Waals surface area contributed by atoms with E-state index in [1.54, 1.807) is 0 Å². The number of hydrogen-bond donors (Lipinski definition) is 3. The Hall–Kier alpha value is -2.98. The molecule has 4 atom stereocenters. The van der Waals surface area contributed by atoms with Crippen LogP contribution in [0.3, 0.4) is 0 Å². The number of hydrogen-bond acceptors (Lipinski definition) is 15. The van der Waals surface area contributed by atoms with Gasteiger partial charge in [0.05, 0.1) is 26.4 Å². The lowest BCUT2D eigenvalue weighted by atomic mass is 10.1. The molecule has 0 aromatic heterocycles. The van der Waals surface area contributed by atoms with Gasteiger partial charge in [-0.25, -0.2) is 9.13 Å². The van der Waals surface area contributed by atoms with Crippen LogP contribution >= 0.6 is 15.6 Å². The monoisotopic (exact) mass is 1460 g/mol. The fourth-order valence-electron chi connectivity index (χ4n) is 11.4. The molecule has 0 saturated heterocycles. The molecular weight excluding hydrogens is 1310 g/mol. The third-order valence-corrected chi connectivity index (χ3v) is 19.6. The summed E-state index contributed by atoms with van der Waals surface area (Å²) in [5.74, 6) is -2.15. The van der Waals surface area contributed by atoms with Crippen LogP contribution in [0, 0.1) is 0 Å². The molecule has 17 nitrogen and oxygen atoms in total. The van der Waals surface area contributed by atoms with Crippen molar-refractivity contribution in [2.24, 2.45) is 0 Å². The molecule has 586 valence electrons. The average Bonchev–Trinajstić information content (AvgIpc) is 1.25. The minimum absolute atomic E-state index is 0.0945. The first-order chi connectivity index (χ1) is 48.7. The van der Waals surface area contributed by atoms with Gasteiger partial charge in [0.15, 0.2) is 12.2 Å². The Morgan fingerprint density at radius 3 is 0.690 bits per heavy atom. The van der Waals surface area contributed by atoms with Gasteiger partial charge in [0.2, 0.25) is 0 Å². The molecular formula is C81H150O17P2. The number of unbranched alkanes of at least 4 members (excludes halogenated alkanes) is 44. The number of phosphoric ester groups is 2. The highest BCUT2D eigenvalue weighted by atomic mass is 31.2. The smallest absolute Gasteiger partial charge is 0.462 e. The van der Waals surface area contributed by atoms with E-state index in [1.807, 2.05) is 0 Å². The predicted molar refractivity (Wildman–Crippen MR) is 409 cm³/mol. The van der Waals surface area contributed by atoms with E-state index in [9.17, 15) is 43.2 Å². The summed E-state index contributed by atoms with van der Waals surface area (Å²) < 4.78 is 68.7. The van der Waals surface area contributed by atoms with Gasteiger partial charge in [0, 0.05) is 25.7 Å². The molecule has 0 amide bonds. The maximum atomic E-state index is 13.1. The van der Waals surface area contributed by atoms with Crippen molar-refractivity contribution in [2.45, 2.75) is 406 Å². The second-order valence-corrected chi connectivity index (χ2v) is 30.6. The molecule has 3 N–H and O–H groups in total. The van der Waals surface area contributed by atoms with Gasteiger partial charge in [-0.3, -0.25) is 37.3 Å². The minimum Gasteiger partial charge on any atom is -0.462 e. The van der Waals surface area contributed by atoms with Crippen LogP contribution in [0.5, 0.6) is 0 Å². The maximum Gasteiger partial charge on any atom is 0.472 e. The third-order valence-electron chi connectivity index (χ3n) is 17.7. The minimum atomic E-state index is -4.97. The summed E-state index contributed by atoms with van der Waals surface area (Å²) in [6, 6.07) is 0. The molecule has 2 unspecified atom stereocenters. The van der Waals surface area contributed by atoms with Crippen molar-refractivity contribution in [1.29, 1.82) is 0 Å². The second kappa shape index (κ2) is 74.3. The van der Waals surface area contributed by atoms with Gasteiger partial charge in [-0.1, -0.05) is 282 Å². The Labute approximate surface area is 610 Å². The van der Waals surface area contributed by atoms with Gasteiger partial charge in [-0.15, -0.1) is 0 Å². The lowest BCUT2D eigenvalue weighted by molar-refractivity contribution is -0.161. The molecule has 0 aromatic carbocycles. The van der Waals surface area contributed by atoms with Crippen molar-refractivity contribution in [3.05, 3.63) is 48.6 Å². The van der Waals surface area contributed by atoms with Crippen molar-refractivity contribution < 1.29 is 80.2 Å². The summed E-state index contributed by atoms with van der Waals surface area (Å²) in [5.41, 5.74) is 0. The number of allylic oxidation sites excluding steroid dienone is 8. The molecule has 0 radical (unpaired) electrons. The molecule has 0 aliphatic heterocycles. The van der Waals surface area contributed by atoms with Crippen LogP contribution in [0.15, 0.2) is 48.6 Å². The average molecular weight is 1460 g/mol. The summed E-state index contributed by atoms with van der Waals surface area (Å²) in [5, 5.41) is 10.6. The zero-order valence-corrected chi connectivity index (χ0v) is 65.9. The highest BCUT2D eigenvalue weighted by Gasteiger charge is 2.30. The Kier molecular flexibility index (Phi) is 72.1. The fourth-order valence-corrected chi connectivity index (χ4v) is 13.0. The predicted octanol–water partition coefficient (Wildman–Crippen LogP) is 23.7. The van der Waals surface area contributed by atoms with Crippen LogP contribution < -0.4 is 0 Å². The van der Waals surface area contributed by atoms with Crippen LogP contribution in [-0.2, 0) is 65.4 Å². The summed E-state index contributed by atoms with van der Waals surface area (Å²) in [6.07, 6.45) is 72.1. The van der Waals surface area contributed by atoms with Crippen molar-refractivity contribution in [3.8, 4) is 0 Å². The quantitative estimate of drug-likeness (QED) is 0.0169. The standard InChI is InChI=1S/C81H150O17P2/c1-5-9-13-17-21-25-29-33-37-41-45-49-53-57-61-65-78(83)91-71-76(97-80(85)67-63-59-55-51-47-43-39-35-31-27-23-19-15-11-7-3)73-95-99(87,88)93-69-75(82)70-94-100(89,90)96-74-77(98-81(86)68-64-60-56-52-48-44-40-36-32-28-24-20-16-12-8-4)72-92-79(84)66-62-58-54-50-46-42-38-34-30-26-22-18-14-10-6-2/h25-32,75-77,82H,5-24,33-74H2,1-4H3,(H,87,88)(H,89,90)/b29-25+,30-26+,31-27-,32-28-/t76-,77-/m1/s1. The number of aliphatic hydroxyl groups is 1. The first-order valence-corrected chi connectivity index (χ1v) is 43.9. The van der Waals surface area contributed by atoms with Crippen molar-refractivity contribution in [2.75, 3.05) is 39.6 Å². The number of ether oxygens (including phenoxy) is 4. The number of esters is 4. The van der Waals surface area contributed by atoms with Crippen molar-refractivity contribution in [3.63, 3.8) is 0 Å². The molecule has 0 spiro atoms. The molecule has 0 aliphatic carbocycles. The summed E-state index contributed by atoms with van der Waals surface area (Å²) in [7, 11) is -9.94. The van der Waals surface area contributed by atoms with Crippen LogP contribution in [0.25, 0.3) is 0 Å². The summed E-state index contributed by atoms with van der Waals surface area (Å²) in [4.78, 5) is 73.0. The van der Waals surface area contributed by atoms with E-state index in [0.29, 0.717) is 25.7 Å². The summed E-state index contributed by atoms with van der Waals surface area (Å²) in [6.45, 7) is 4.90. The summed E-state index contributed by atoms with van der Waals surface area (Å²) >= 11 is 0. The van der Waals surface area contributed by atoms with E-state index < -0.39 is 97.5 Å². The zero-order valence-electron chi connectivity index (χ0n) is 64.1. The van der Waals surface area contributed by atoms with E-state index >= 15 is 0 Å². The zero-order chi connectivity index (χ0) is 73.2. The Morgan fingerprint density at radius 1 is 0.270 bits per heavy atom. The molecule has 0 heterocycles. The molecule has 0 fully saturated rings. The van der Waals surface area contributed by atoms with Gasteiger partial charge in [0.25, 0.3) is 0 Å². The third kappa shape index (κ3) is 73.3. The number of carbonyl (C=O) groups is 4. The normalized spacial score (nSPS) is 14.1. The van der Waals surface area contributed by atoms with E-state index in [0.717, 1.165) is 180 Å². The van der Waals surface area contributed by atoms with Crippen LogP contribution in [0.1, 0.15) is 387 Å². The molecule has 0 rings (SSSR count). The molecule has 0 bridgehead atoms. The van der Waals surface area contributed by atoms with Crippen molar-refractivity contribution >= 4 is 39.5 Å². The number of phosphoric acid groups is 2. The SMILES string of the molecule is CCCCCC/C=C\CCCCCCCCCC(=O)O[C@H](COC(=O)CCCCCCCCC/C=C/CCCCCC)COP(=O)(O)OCC(O)COP(=O)(O)OC[C@@H](COC(=O)CCCCCCCCC/C=C/CCCCCC)OC(=O)CCCCCCCCC/C=C\CCCCCC. The molecule has 0 aliphatic rings. The molecule has 0 saturated carbocycles. The Balaban J connectivity index is 5.33. The Morgan fingerprint density at radius 2 is 0.460 bits per heavy atom. The van der Waals surface area contributed by atoms with Gasteiger partial charge in [-0.05, 0) is 128 Å². The van der Waals surface area contributed by atoms with E-state index in [1.165, 1.54) is 128 Å². The van der Waals surface area contributed by atoms with Gasteiger partial charge in [0.1, 0.15) is 19.3 Å².